The first-order chi connectivity index (χ1) is 13.4. The van der Waals surface area contributed by atoms with Crippen LogP contribution in [0.4, 0.5) is 17.3 Å². The molecular weight excluding hydrogens is 348 g/mol. The molecule has 1 aromatic heterocycles. The van der Waals surface area contributed by atoms with Gasteiger partial charge in [0, 0.05) is 23.9 Å². The molecule has 5 heteroatoms. The van der Waals surface area contributed by atoms with E-state index in [0.29, 0.717) is 12.4 Å². The summed E-state index contributed by atoms with van der Waals surface area (Å²) in [4.78, 5) is 9.07. The van der Waals surface area contributed by atoms with Crippen molar-refractivity contribution in [3.05, 3.63) is 71.5 Å². The largest absolute Gasteiger partial charge is 0.496 e. The molecule has 1 heterocycles. The highest BCUT2D eigenvalue weighted by Crippen LogP contribution is 2.31. The van der Waals surface area contributed by atoms with Crippen molar-refractivity contribution in [1.29, 1.82) is 0 Å². The molecule has 0 fully saturated rings. The highest BCUT2D eigenvalue weighted by molar-refractivity contribution is 5.64. The molecule has 0 saturated carbocycles. The normalized spacial score (nSPS) is 11.2. The molecule has 0 aliphatic heterocycles. The lowest BCUT2D eigenvalue weighted by atomic mass is 9.86. The van der Waals surface area contributed by atoms with Crippen molar-refractivity contribution >= 4 is 17.3 Å². The minimum absolute atomic E-state index is 0.0383. The Morgan fingerprint density at radius 2 is 1.61 bits per heavy atom. The Labute approximate surface area is 167 Å². The highest BCUT2D eigenvalue weighted by atomic mass is 16.5. The van der Waals surface area contributed by atoms with Crippen molar-refractivity contribution in [2.24, 2.45) is 0 Å². The summed E-state index contributed by atoms with van der Waals surface area (Å²) in [6.45, 7) is 9.14. The maximum atomic E-state index is 5.42. The van der Waals surface area contributed by atoms with Crippen molar-refractivity contribution in [3.8, 4) is 5.75 Å². The number of nitrogens with one attached hydrogen (secondary N) is 2. The number of hydrogen-bond donors (Lipinski definition) is 2. The highest BCUT2D eigenvalue weighted by Gasteiger charge is 2.18. The van der Waals surface area contributed by atoms with Crippen LogP contribution in [0, 0.1) is 6.92 Å². The predicted octanol–water partition coefficient (Wildman–Crippen LogP) is 5.45. The summed E-state index contributed by atoms with van der Waals surface area (Å²) in [7, 11) is 1.68. The number of ether oxygens (including phenoxy) is 1. The first-order valence-corrected chi connectivity index (χ1v) is 9.45. The number of aryl methyl sites for hydroxylation is 1. The second-order valence-electron chi connectivity index (χ2n) is 7.77. The van der Waals surface area contributed by atoms with Crippen molar-refractivity contribution in [2.45, 2.75) is 39.7 Å². The zero-order chi connectivity index (χ0) is 20.1. The van der Waals surface area contributed by atoms with Gasteiger partial charge in [-0.25, -0.2) is 9.97 Å². The Balaban J connectivity index is 1.81. The number of rotatable bonds is 6. The average molecular weight is 377 g/mol. The van der Waals surface area contributed by atoms with E-state index in [1.807, 2.05) is 43.3 Å². The van der Waals surface area contributed by atoms with E-state index < -0.39 is 0 Å². The Hall–Kier alpha value is -3.08. The van der Waals surface area contributed by atoms with Gasteiger partial charge in [0.1, 0.15) is 23.2 Å². The third-order valence-corrected chi connectivity index (χ3v) is 4.49. The summed E-state index contributed by atoms with van der Waals surface area (Å²) < 4.78 is 5.42. The van der Waals surface area contributed by atoms with Gasteiger partial charge in [0.05, 0.1) is 7.11 Å². The van der Waals surface area contributed by atoms with Crippen LogP contribution in [0.3, 0.4) is 0 Å². The lowest BCUT2D eigenvalue weighted by Gasteiger charge is -2.23. The van der Waals surface area contributed by atoms with Crippen LogP contribution in [0.2, 0.25) is 0 Å². The molecule has 5 nitrogen and oxygen atoms in total. The topological polar surface area (TPSA) is 59.1 Å². The van der Waals surface area contributed by atoms with Gasteiger partial charge >= 0.3 is 0 Å². The molecular formula is C23H28N4O. The number of aromatic nitrogens is 2. The van der Waals surface area contributed by atoms with Crippen LogP contribution in [-0.4, -0.2) is 17.1 Å². The molecule has 2 aromatic carbocycles. The van der Waals surface area contributed by atoms with E-state index in [0.717, 1.165) is 28.6 Å². The summed E-state index contributed by atoms with van der Waals surface area (Å²) in [5.74, 6) is 3.11. The van der Waals surface area contributed by atoms with Gasteiger partial charge in [-0.1, -0.05) is 57.2 Å². The van der Waals surface area contributed by atoms with Gasteiger partial charge in [0.25, 0.3) is 0 Å². The van der Waals surface area contributed by atoms with Crippen LogP contribution >= 0.6 is 0 Å². The Bertz CT molecular complexity index is 947. The number of anilines is 3. The van der Waals surface area contributed by atoms with Gasteiger partial charge in [0.15, 0.2) is 0 Å². The molecule has 0 amide bonds. The summed E-state index contributed by atoms with van der Waals surface area (Å²) in [6, 6.07) is 18.2. The number of hydrogen-bond acceptors (Lipinski definition) is 5. The molecule has 0 saturated heterocycles. The Kier molecular flexibility index (Phi) is 5.83. The fourth-order valence-electron chi connectivity index (χ4n) is 3.14. The maximum absolute atomic E-state index is 5.42. The lowest BCUT2D eigenvalue weighted by Crippen LogP contribution is -2.14. The zero-order valence-corrected chi connectivity index (χ0v) is 17.2. The Morgan fingerprint density at radius 3 is 2.36 bits per heavy atom. The number of benzene rings is 2. The van der Waals surface area contributed by atoms with E-state index in [2.05, 4.69) is 59.6 Å². The number of para-hydroxylation sites is 2. The van der Waals surface area contributed by atoms with E-state index in [1.165, 1.54) is 5.56 Å². The minimum Gasteiger partial charge on any atom is -0.496 e. The van der Waals surface area contributed by atoms with Crippen LogP contribution in [0.1, 0.15) is 37.7 Å². The van der Waals surface area contributed by atoms with Crippen LogP contribution in [0.15, 0.2) is 54.6 Å². The average Bonchev–Trinajstić information content (AvgIpc) is 2.66. The van der Waals surface area contributed by atoms with Crippen molar-refractivity contribution in [3.63, 3.8) is 0 Å². The van der Waals surface area contributed by atoms with Crippen molar-refractivity contribution in [1.82, 2.24) is 9.97 Å². The lowest BCUT2D eigenvalue weighted by molar-refractivity contribution is 0.410. The van der Waals surface area contributed by atoms with E-state index in [1.54, 1.807) is 7.11 Å². The monoisotopic (exact) mass is 376 g/mol. The predicted molar refractivity (Wildman–Crippen MR) is 116 cm³/mol. The molecule has 0 atom stereocenters. The molecule has 3 rings (SSSR count). The molecule has 2 N–H and O–H groups in total. The van der Waals surface area contributed by atoms with E-state index >= 15 is 0 Å². The van der Waals surface area contributed by atoms with Crippen LogP contribution in [-0.2, 0) is 12.0 Å². The van der Waals surface area contributed by atoms with Crippen molar-refractivity contribution < 1.29 is 4.74 Å². The van der Waals surface area contributed by atoms with Gasteiger partial charge in [-0.3, -0.25) is 0 Å². The smallest absolute Gasteiger partial charge is 0.136 e. The summed E-state index contributed by atoms with van der Waals surface area (Å²) >= 11 is 0. The molecule has 28 heavy (non-hydrogen) atoms. The molecule has 0 spiro atoms. The second-order valence-corrected chi connectivity index (χ2v) is 7.77. The van der Waals surface area contributed by atoms with Crippen LogP contribution in [0.25, 0.3) is 0 Å². The third kappa shape index (κ3) is 4.80. The summed E-state index contributed by atoms with van der Waals surface area (Å²) in [5, 5.41) is 6.84. The van der Waals surface area contributed by atoms with Gasteiger partial charge in [-0.05, 0) is 30.0 Å². The van der Waals surface area contributed by atoms with Crippen LogP contribution in [0.5, 0.6) is 5.75 Å². The van der Waals surface area contributed by atoms with Gasteiger partial charge in [0.2, 0.25) is 0 Å². The number of methoxy groups -OCH3 is 1. The van der Waals surface area contributed by atoms with E-state index in [9.17, 15) is 0 Å². The van der Waals surface area contributed by atoms with Crippen LogP contribution < -0.4 is 15.4 Å². The molecule has 146 valence electrons. The molecule has 0 bridgehead atoms. The first kappa shape index (κ1) is 19.7. The molecule has 0 aliphatic carbocycles. The quantitative estimate of drug-likeness (QED) is 0.599. The van der Waals surface area contributed by atoms with Gasteiger partial charge in [-0.2, -0.15) is 0 Å². The standard InChI is InChI=1S/C23H28N4O/c1-16-25-21(24-15-17-10-6-9-13-20(17)28-5)14-22(26-16)27-19-12-8-7-11-18(19)23(2,3)4/h6-14H,15H2,1-5H3,(H2,24,25,26,27). The number of nitrogens with zero attached hydrogens (tertiary/aromatic N) is 2. The maximum Gasteiger partial charge on any atom is 0.136 e. The molecule has 3 aromatic rings. The van der Waals surface area contributed by atoms with Crippen molar-refractivity contribution in [2.75, 3.05) is 17.7 Å². The summed E-state index contributed by atoms with van der Waals surface area (Å²) in [5.41, 5.74) is 3.42. The molecule has 0 radical (unpaired) electrons. The fourth-order valence-corrected chi connectivity index (χ4v) is 3.14. The molecule has 0 unspecified atom stereocenters. The van der Waals surface area contributed by atoms with Gasteiger partial charge < -0.3 is 15.4 Å². The fraction of sp³-hybridized carbons (Fsp3) is 0.304. The zero-order valence-electron chi connectivity index (χ0n) is 17.2. The first-order valence-electron chi connectivity index (χ1n) is 9.45. The third-order valence-electron chi connectivity index (χ3n) is 4.49. The second kappa shape index (κ2) is 8.30. The van der Waals surface area contributed by atoms with Gasteiger partial charge in [-0.15, -0.1) is 0 Å². The van der Waals surface area contributed by atoms with E-state index in [4.69, 9.17) is 4.74 Å². The SMILES string of the molecule is COc1ccccc1CNc1cc(Nc2ccccc2C(C)(C)C)nc(C)n1. The summed E-state index contributed by atoms with van der Waals surface area (Å²) in [6.07, 6.45) is 0. The minimum atomic E-state index is 0.0383. The molecule has 0 aliphatic rings. The van der Waals surface area contributed by atoms with E-state index in [-0.39, 0.29) is 5.41 Å². The Morgan fingerprint density at radius 1 is 0.929 bits per heavy atom.